The monoisotopic (exact) mass is 310 g/mol. The van der Waals surface area contributed by atoms with Crippen molar-refractivity contribution < 1.29 is 14.3 Å². The average molecular weight is 312 g/mol. The van der Waals surface area contributed by atoms with Crippen molar-refractivity contribution in [3.05, 3.63) is 19.2 Å². The fraction of sp³-hybridized carbons (Fsp3) is 0.333. The number of aryl methyl sites for hydroxylation is 1. The zero-order valence-corrected chi connectivity index (χ0v) is 11.3. The van der Waals surface area contributed by atoms with Crippen molar-refractivity contribution in [2.75, 3.05) is 6.61 Å². The number of ether oxygens (including phenoxy) is 1. The molecule has 0 aliphatic rings. The van der Waals surface area contributed by atoms with Crippen molar-refractivity contribution in [2.24, 2.45) is 0 Å². The highest BCUT2D eigenvalue weighted by atomic mass is 79.9. The molecular weight excluding hydrogens is 304 g/mol. The summed E-state index contributed by atoms with van der Waals surface area (Å²) in [4.78, 5) is 23.6. The molecule has 0 aliphatic heterocycles. The smallest absolute Gasteiger partial charge is 0.379 e. The van der Waals surface area contributed by atoms with Gasteiger partial charge in [-0.15, -0.1) is 11.3 Å². The number of esters is 1. The van der Waals surface area contributed by atoms with E-state index in [-0.39, 0.29) is 6.61 Å². The normalized spacial score (nSPS) is 10.1. The molecule has 1 aromatic rings. The summed E-state index contributed by atoms with van der Waals surface area (Å²) in [6.45, 7) is 3.56. The van der Waals surface area contributed by atoms with Gasteiger partial charge in [-0.1, -0.05) is 11.6 Å². The molecule has 1 rings (SSSR count). The van der Waals surface area contributed by atoms with E-state index in [2.05, 4.69) is 20.7 Å². The molecule has 0 bridgehead atoms. The van der Waals surface area contributed by atoms with Gasteiger partial charge in [-0.2, -0.15) is 0 Å². The van der Waals surface area contributed by atoms with E-state index in [4.69, 9.17) is 11.6 Å². The van der Waals surface area contributed by atoms with Gasteiger partial charge in [0.2, 0.25) is 0 Å². The van der Waals surface area contributed by atoms with Gasteiger partial charge < -0.3 is 4.74 Å². The molecule has 1 heterocycles. The Kier molecular flexibility index (Phi) is 4.31. The second-order valence-corrected chi connectivity index (χ2v) is 5.29. The number of ketones is 1. The quantitative estimate of drug-likeness (QED) is 0.489. The molecule has 6 heteroatoms. The number of halogens is 2. The van der Waals surface area contributed by atoms with Gasteiger partial charge >= 0.3 is 5.97 Å². The minimum atomic E-state index is -0.851. The lowest BCUT2D eigenvalue weighted by Gasteiger charge is -2.00. The molecule has 0 atom stereocenters. The van der Waals surface area contributed by atoms with Gasteiger partial charge in [0.25, 0.3) is 5.78 Å². The van der Waals surface area contributed by atoms with Crippen LogP contribution in [0, 0.1) is 6.92 Å². The van der Waals surface area contributed by atoms with Crippen LogP contribution < -0.4 is 0 Å². The first-order valence-electron chi connectivity index (χ1n) is 4.14. The van der Waals surface area contributed by atoms with Crippen LogP contribution in [0.5, 0.6) is 0 Å². The lowest BCUT2D eigenvalue weighted by atomic mass is 10.2. The third kappa shape index (κ3) is 2.59. The fourth-order valence-corrected chi connectivity index (χ4v) is 3.09. The first-order chi connectivity index (χ1) is 6.99. The van der Waals surface area contributed by atoms with E-state index in [1.165, 1.54) is 11.3 Å². The van der Waals surface area contributed by atoms with Crippen molar-refractivity contribution in [3.8, 4) is 0 Å². The fourth-order valence-electron chi connectivity index (χ4n) is 1.04. The van der Waals surface area contributed by atoms with Crippen molar-refractivity contribution in [3.63, 3.8) is 0 Å². The van der Waals surface area contributed by atoms with Crippen LogP contribution in [0.2, 0.25) is 4.34 Å². The largest absolute Gasteiger partial charge is 0.460 e. The Hall–Kier alpha value is -0.390. The standard InChI is InChI=1S/C9H8BrClO3S/c1-3-14-9(13)7(12)5-4(2)15-8(11)6(5)10/h3H2,1-2H3. The number of carbonyl (C=O) groups excluding carboxylic acids is 2. The van der Waals surface area contributed by atoms with Gasteiger partial charge in [-0.05, 0) is 29.8 Å². The summed E-state index contributed by atoms with van der Waals surface area (Å²) in [5.41, 5.74) is 0.295. The minimum absolute atomic E-state index is 0.180. The molecule has 0 radical (unpaired) electrons. The van der Waals surface area contributed by atoms with Gasteiger partial charge in [0, 0.05) is 4.88 Å². The van der Waals surface area contributed by atoms with Crippen LogP contribution >= 0.6 is 38.9 Å². The van der Waals surface area contributed by atoms with E-state index >= 15 is 0 Å². The highest BCUT2D eigenvalue weighted by Gasteiger charge is 2.25. The molecule has 82 valence electrons. The first-order valence-corrected chi connectivity index (χ1v) is 6.13. The third-order valence-corrected chi connectivity index (χ3v) is 4.27. The van der Waals surface area contributed by atoms with E-state index < -0.39 is 11.8 Å². The van der Waals surface area contributed by atoms with Gasteiger partial charge in [0.05, 0.1) is 16.6 Å². The Morgan fingerprint density at radius 2 is 2.13 bits per heavy atom. The van der Waals surface area contributed by atoms with E-state index in [1.807, 2.05) is 0 Å². The first kappa shape index (κ1) is 12.7. The Bertz CT molecular complexity index is 414. The molecule has 0 saturated carbocycles. The highest BCUT2D eigenvalue weighted by Crippen LogP contribution is 2.36. The maximum Gasteiger partial charge on any atom is 0.379 e. The van der Waals surface area contributed by atoms with E-state index in [0.29, 0.717) is 19.2 Å². The Morgan fingerprint density at radius 3 is 2.53 bits per heavy atom. The topological polar surface area (TPSA) is 43.4 Å². The number of carbonyl (C=O) groups is 2. The van der Waals surface area contributed by atoms with Gasteiger partial charge in [0.1, 0.15) is 4.34 Å². The highest BCUT2D eigenvalue weighted by molar-refractivity contribution is 9.10. The molecule has 0 N–H and O–H groups in total. The van der Waals surface area contributed by atoms with E-state index in [0.717, 1.165) is 0 Å². The lowest BCUT2D eigenvalue weighted by Crippen LogP contribution is -2.18. The summed E-state index contributed by atoms with van der Waals surface area (Å²) < 4.78 is 5.55. The van der Waals surface area contributed by atoms with E-state index in [9.17, 15) is 9.59 Å². The van der Waals surface area contributed by atoms with Crippen molar-refractivity contribution in [1.82, 2.24) is 0 Å². The minimum Gasteiger partial charge on any atom is -0.460 e. The molecule has 0 spiro atoms. The molecule has 3 nitrogen and oxygen atoms in total. The van der Waals surface area contributed by atoms with Crippen molar-refractivity contribution in [2.45, 2.75) is 13.8 Å². The van der Waals surface area contributed by atoms with Crippen LogP contribution in [0.15, 0.2) is 4.47 Å². The lowest BCUT2D eigenvalue weighted by molar-refractivity contribution is -0.137. The maximum atomic E-state index is 11.6. The van der Waals surface area contributed by atoms with Crippen molar-refractivity contribution >= 4 is 50.6 Å². The maximum absolute atomic E-state index is 11.6. The van der Waals surface area contributed by atoms with Crippen LogP contribution in [0.3, 0.4) is 0 Å². The van der Waals surface area contributed by atoms with Crippen LogP contribution in [0.4, 0.5) is 0 Å². The number of thiophene rings is 1. The predicted molar refractivity (Wildman–Crippen MR) is 62.7 cm³/mol. The summed E-state index contributed by atoms with van der Waals surface area (Å²) in [5.74, 6) is -1.51. The molecular formula is C9H8BrClO3S. The Labute approximate surface area is 105 Å². The summed E-state index contributed by atoms with van der Waals surface area (Å²) in [6, 6.07) is 0. The van der Waals surface area contributed by atoms with Crippen LogP contribution in [-0.4, -0.2) is 18.4 Å². The third-order valence-electron chi connectivity index (χ3n) is 1.67. The second-order valence-electron chi connectivity index (χ2n) is 2.67. The molecule has 15 heavy (non-hydrogen) atoms. The summed E-state index contributed by atoms with van der Waals surface area (Å²) in [6.07, 6.45) is 0. The van der Waals surface area contributed by atoms with Crippen LogP contribution in [-0.2, 0) is 9.53 Å². The van der Waals surface area contributed by atoms with Crippen molar-refractivity contribution in [1.29, 1.82) is 0 Å². The molecule has 0 aliphatic carbocycles. The van der Waals surface area contributed by atoms with Gasteiger partial charge in [-0.3, -0.25) is 4.79 Å². The second kappa shape index (κ2) is 5.09. The molecule has 0 amide bonds. The average Bonchev–Trinajstić information content (AvgIpc) is 2.41. The Balaban J connectivity index is 3.06. The van der Waals surface area contributed by atoms with E-state index in [1.54, 1.807) is 13.8 Å². The van der Waals surface area contributed by atoms with Crippen LogP contribution in [0.1, 0.15) is 22.2 Å². The molecule has 0 unspecified atom stereocenters. The zero-order chi connectivity index (χ0) is 11.6. The number of hydrogen-bond acceptors (Lipinski definition) is 4. The summed E-state index contributed by atoms with van der Waals surface area (Å²) in [5, 5.41) is 0. The number of rotatable bonds is 3. The number of hydrogen-bond donors (Lipinski definition) is 0. The number of Topliss-reactive ketones (excluding diaryl/α,β-unsaturated/α-hetero) is 1. The summed E-state index contributed by atoms with van der Waals surface area (Å²) in [7, 11) is 0. The molecule has 1 aromatic heterocycles. The SMILES string of the molecule is CCOC(=O)C(=O)c1c(C)sc(Cl)c1Br. The van der Waals surface area contributed by atoms with Crippen LogP contribution in [0.25, 0.3) is 0 Å². The summed E-state index contributed by atoms with van der Waals surface area (Å²) >= 11 is 10.2. The Morgan fingerprint density at radius 1 is 1.53 bits per heavy atom. The molecule has 0 fully saturated rings. The van der Waals surface area contributed by atoms with Gasteiger partial charge in [0.15, 0.2) is 0 Å². The zero-order valence-electron chi connectivity index (χ0n) is 8.10. The molecule has 0 aromatic carbocycles. The molecule has 0 saturated heterocycles. The predicted octanol–water partition coefficient (Wildman–Crippen LogP) is 3.22. The van der Waals surface area contributed by atoms with Gasteiger partial charge in [-0.25, -0.2) is 4.79 Å².